The fourth-order valence-electron chi connectivity index (χ4n) is 1.26. The third-order valence-corrected chi connectivity index (χ3v) is 3.77. The van der Waals surface area contributed by atoms with Crippen LogP contribution in [0, 0.1) is 0 Å². The van der Waals surface area contributed by atoms with E-state index in [1.165, 1.54) is 12.3 Å². The Morgan fingerprint density at radius 1 is 1.33 bits per heavy atom. The van der Waals surface area contributed by atoms with Crippen molar-refractivity contribution >= 4 is 67.6 Å². The molecule has 94 valence electrons. The van der Waals surface area contributed by atoms with Gasteiger partial charge in [0.2, 0.25) is 0 Å². The van der Waals surface area contributed by atoms with E-state index in [2.05, 4.69) is 26.0 Å². The highest BCUT2D eigenvalue weighted by atomic mass is 79.9. The first kappa shape index (κ1) is 14.1. The molecule has 0 atom stereocenters. The Hall–Kier alpha value is -0.330. The average Bonchev–Trinajstić information content (AvgIpc) is 2.55. The zero-order valence-electron chi connectivity index (χ0n) is 8.29. The Labute approximate surface area is 130 Å². The Bertz CT molecular complexity index is 643. The Balaban J connectivity index is 2.71. The summed E-state index contributed by atoms with van der Waals surface area (Å²) in [6.07, 6.45) is 1.37. The molecule has 0 spiro atoms. The van der Waals surface area contributed by atoms with Gasteiger partial charge in [-0.3, -0.25) is 4.79 Å². The Kier molecular flexibility index (Phi) is 4.18. The molecule has 0 N–H and O–H groups in total. The lowest BCUT2D eigenvalue weighted by Crippen LogP contribution is -2.07. The van der Waals surface area contributed by atoms with Gasteiger partial charge in [-0.2, -0.15) is 5.10 Å². The highest BCUT2D eigenvalue weighted by Gasteiger charge is 2.22. The minimum Gasteiger partial charge on any atom is -0.274 e. The van der Waals surface area contributed by atoms with Crippen LogP contribution in [0.5, 0.6) is 0 Å². The van der Waals surface area contributed by atoms with E-state index >= 15 is 0 Å². The summed E-state index contributed by atoms with van der Waals surface area (Å²) < 4.78 is 1.42. The van der Waals surface area contributed by atoms with Crippen LogP contribution in [0.2, 0.25) is 15.1 Å². The van der Waals surface area contributed by atoms with E-state index in [9.17, 15) is 4.79 Å². The van der Waals surface area contributed by atoms with Gasteiger partial charge in [-0.15, -0.1) is 0 Å². The van der Waals surface area contributed by atoms with Gasteiger partial charge in [0, 0.05) is 6.20 Å². The second-order valence-electron chi connectivity index (χ2n) is 3.10. The summed E-state index contributed by atoms with van der Waals surface area (Å²) in [6, 6.07) is 1.47. The van der Waals surface area contributed by atoms with Crippen LogP contribution >= 0.6 is 62.3 Å². The molecule has 2 aromatic rings. The van der Waals surface area contributed by atoms with Gasteiger partial charge < -0.3 is 0 Å². The van der Waals surface area contributed by atoms with Crippen LogP contribution in [0.15, 0.2) is 16.9 Å². The van der Waals surface area contributed by atoms with Crippen molar-refractivity contribution in [2.45, 2.75) is 0 Å². The number of hydrogen-bond donors (Lipinski definition) is 0. The van der Waals surface area contributed by atoms with Crippen LogP contribution in [0.1, 0.15) is 10.5 Å². The third-order valence-electron chi connectivity index (χ3n) is 1.96. The van der Waals surface area contributed by atoms with Gasteiger partial charge in [0.05, 0.1) is 10.0 Å². The molecule has 0 saturated heterocycles. The van der Waals surface area contributed by atoms with Crippen LogP contribution in [-0.4, -0.2) is 20.0 Å². The maximum atomic E-state index is 11.4. The predicted octanol–water partition coefficient (Wildman–Crippen LogP) is 4.37. The molecule has 0 aromatic carbocycles. The van der Waals surface area contributed by atoms with Gasteiger partial charge in [-0.05, 0) is 33.6 Å². The summed E-state index contributed by atoms with van der Waals surface area (Å²) in [4.78, 5) is 15.3. The fraction of sp³-hybridized carbons (Fsp3) is 0. The van der Waals surface area contributed by atoms with Crippen molar-refractivity contribution in [3.63, 3.8) is 0 Å². The summed E-state index contributed by atoms with van der Waals surface area (Å²) in [5, 5.41) is 3.89. The second-order valence-corrected chi connectivity index (χ2v) is 5.41. The normalized spacial score (nSPS) is 10.7. The maximum absolute atomic E-state index is 11.4. The molecule has 2 heterocycles. The summed E-state index contributed by atoms with van der Waals surface area (Å²) in [5.74, 6) is 0.206. The Morgan fingerprint density at radius 2 is 2.00 bits per heavy atom. The van der Waals surface area contributed by atoms with Crippen molar-refractivity contribution in [2.75, 3.05) is 0 Å². The van der Waals surface area contributed by atoms with Crippen LogP contribution in [-0.2, 0) is 0 Å². The molecule has 9 heteroatoms. The maximum Gasteiger partial charge on any atom is 0.272 e. The van der Waals surface area contributed by atoms with Gasteiger partial charge in [-0.25, -0.2) is 9.67 Å². The number of carbonyl (C=O) groups excluding carboxylic acids is 1. The molecule has 0 aliphatic rings. The molecule has 2 rings (SSSR count). The van der Waals surface area contributed by atoms with Gasteiger partial charge in [0.25, 0.3) is 5.24 Å². The zero-order chi connectivity index (χ0) is 13.4. The van der Waals surface area contributed by atoms with Crippen LogP contribution in [0.4, 0.5) is 0 Å². The van der Waals surface area contributed by atoms with Crippen molar-refractivity contribution in [3.8, 4) is 5.82 Å². The number of rotatable bonds is 2. The average molecular weight is 390 g/mol. The molecule has 4 nitrogen and oxygen atoms in total. The number of pyridine rings is 1. The van der Waals surface area contributed by atoms with Crippen LogP contribution < -0.4 is 0 Å². The number of aromatic nitrogens is 3. The van der Waals surface area contributed by atoms with Gasteiger partial charge in [-0.1, -0.05) is 34.8 Å². The van der Waals surface area contributed by atoms with Gasteiger partial charge in [0.1, 0.15) is 15.3 Å². The second kappa shape index (κ2) is 5.35. The lowest BCUT2D eigenvalue weighted by atomic mass is 10.4. The van der Waals surface area contributed by atoms with Gasteiger partial charge in [0.15, 0.2) is 5.82 Å². The summed E-state index contributed by atoms with van der Waals surface area (Å²) in [7, 11) is 0. The molecule has 0 saturated carbocycles. The molecular formula is C9H2BrCl4N3O. The van der Waals surface area contributed by atoms with E-state index in [0.29, 0.717) is 5.02 Å². The summed E-state index contributed by atoms with van der Waals surface area (Å²) >= 11 is 26.2. The van der Waals surface area contributed by atoms with Gasteiger partial charge >= 0.3 is 0 Å². The van der Waals surface area contributed by atoms with E-state index < -0.39 is 5.24 Å². The van der Waals surface area contributed by atoms with E-state index in [4.69, 9.17) is 46.4 Å². The standard InChI is InChI=1S/C9H2BrCl4N3O/c10-7-5(13)6(8(14)18)17(16-7)9-4(12)1-3(11)2-15-9/h1-2H. The molecule has 18 heavy (non-hydrogen) atoms. The smallest absolute Gasteiger partial charge is 0.272 e. The molecule has 0 amide bonds. The third kappa shape index (κ3) is 2.51. The molecule has 0 aliphatic heterocycles. The lowest BCUT2D eigenvalue weighted by Gasteiger charge is -2.05. The monoisotopic (exact) mass is 387 g/mol. The predicted molar refractivity (Wildman–Crippen MR) is 74.3 cm³/mol. The van der Waals surface area contributed by atoms with Crippen LogP contribution in [0.3, 0.4) is 0 Å². The first-order chi connectivity index (χ1) is 8.41. The lowest BCUT2D eigenvalue weighted by molar-refractivity contribution is 0.107. The van der Waals surface area contributed by atoms with Crippen LogP contribution in [0.25, 0.3) is 5.82 Å². The minimum atomic E-state index is -0.772. The number of halogens is 5. The molecular weight excluding hydrogens is 388 g/mol. The van der Waals surface area contributed by atoms with E-state index in [0.717, 1.165) is 4.68 Å². The van der Waals surface area contributed by atoms with E-state index in [-0.39, 0.29) is 26.2 Å². The highest BCUT2D eigenvalue weighted by molar-refractivity contribution is 9.10. The molecule has 0 unspecified atom stereocenters. The van der Waals surface area contributed by atoms with Crippen molar-refractivity contribution in [1.29, 1.82) is 0 Å². The molecule has 2 aromatic heterocycles. The zero-order valence-corrected chi connectivity index (χ0v) is 12.9. The molecule has 0 radical (unpaired) electrons. The van der Waals surface area contributed by atoms with Crippen molar-refractivity contribution in [1.82, 2.24) is 14.8 Å². The molecule has 0 bridgehead atoms. The van der Waals surface area contributed by atoms with E-state index in [1.807, 2.05) is 0 Å². The van der Waals surface area contributed by atoms with Crippen molar-refractivity contribution in [3.05, 3.63) is 37.6 Å². The molecule has 0 fully saturated rings. The first-order valence-corrected chi connectivity index (χ1v) is 6.67. The fourth-order valence-corrected chi connectivity index (χ4v) is 2.49. The number of nitrogens with zero attached hydrogens (tertiary/aromatic N) is 3. The number of carbonyl (C=O) groups is 1. The number of hydrogen-bond acceptors (Lipinski definition) is 3. The largest absolute Gasteiger partial charge is 0.274 e. The highest BCUT2D eigenvalue weighted by Crippen LogP contribution is 2.31. The van der Waals surface area contributed by atoms with Crippen molar-refractivity contribution in [2.24, 2.45) is 0 Å². The topological polar surface area (TPSA) is 47.8 Å². The van der Waals surface area contributed by atoms with E-state index in [1.54, 1.807) is 0 Å². The quantitative estimate of drug-likeness (QED) is 0.716. The minimum absolute atomic E-state index is 0.0260. The Morgan fingerprint density at radius 3 is 2.56 bits per heavy atom. The molecule has 0 aliphatic carbocycles. The summed E-state index contributed by atoms with van der Waals surface area (Å²) in [6.45, 7) is 0. The summed E-state index contributed by atoms with van der Waals surface area (Å²) in [5.41, 5.74) is -0.0260. The SMILES string of the molecule is O=C(Cl)c1c(Cl)c(Br)nn1-c1ncc(Cl)cc1Cl. The van der Waals surface area contributed by atoms with Crippen molar-refractivity contribution < 1.29 is 4.79 Å². The first-order valence-electron chi connectivity index (χ1n) is 4.37.